The van der Waals surface area contributed by atoms with Crippen LogP contribution in [0.1, 0.15) is 66.2 Å². The zero-order chi connectivity index (χ0) is 33.7. The summed E-state index contributed by atoms with van der Waals surface area (Å²) in [5.41, 5.74) is 13.6. The number of amides is 3. The van der Waals surface area contributed by atoms with E-state index in [1.165, 1.54) is 29.2 Å². The number of fused-ring (bicyclic) bond motifs is 2. The molecule has 9 heteroatoms. The molecule has 2 heterocycles. The fourth-order valence-electron chi connectivity index (χ4n) is 6.54. The van der Waals surface area contributed by atoms with Gasteiger partial charge in [-0.15, -0.1) is 0 Å². The Labute approximate surface area is 286 Å². The molecule has 0 unspecified atom stereocenters. The van der Waals surface area contributed by atoms with Crippen molar-refractivity contribution >= 4 is 52.3 Å². The minimum absolute atomic E-state index is 0.0155. The summed E-state index contributed by atoms with van der Waals surface area (Å²) in [7, 11) is 0. The van der Waals surface area contributed by atoms with E-state index in [1.54, 1.807) is 36.4 Å². The molecule has 7 nitrogen and oxygen atoms in total. The predicted molar refractivity (Wildman–Crippen MR) is 190 cm³/mol. The summed E-state index contributed by atoms with van der Waals surface area (Å²) >= 11 is 12.5. The van der Waals surface area contributed by atoms with E-state index in [9.17, 15) is 14.4 Å². The van der Waals surface area contributed by atoms with E-state index >= 15 is 0 Å². The van der Waals surface area contributed by atoms with Gasteiger partial charge in [-0.25, -0.2) is 0 Å². The minimum atomic E-state index is -0.184. The van der Waals surface area contributed by atoms with Crippen molar-refractivity contribution in [2.24, 2.45) is 0 Å². The molecule has 3 amide bonds. The fourth-order valence-corrected chi connectivity index (χ4v) is 7.03. The van der Waals surface area contributed by atoms with Crippen molar-refractivity contribution in [1.29, 1.82) is 0 Å². The first kappa shape index (κ1) is 34.0. The number of nitrogens with two attached hydrogens (primary N) is 1. The molecule has 2 atom stereocenters. The summed E-state index contributed by atoms with van der Waals surface area (Å²) < 4.78 is 0. The molecule has 2 aliphatic heterocycles. The number of nitrogens with zero attached hydrogens (tertiary/aromatic N) is 2. The second-order valence-corrected chi connectivity index (χ2v) is 12.8. The Morgan fingerprint density at radius 1 is 0.702 bits per heavy atom. The summed E-state index contributed by atoms with van der Waals surface area (Å²) in [6.45, 7) is 7.00. The molecular formula is C38H40Cl2N4O3. The Hall–Kier alpha value is -4.33. The van der Waals surface area contributed by atoms with Gasteiger partial charge in [-0.2, -0.15) is 0 Å². The van der Waals surface area contributed by atoms with E-state index in [0.717, 1.165) is 24.9 Å². The van der Waals surface area contributed by atoms with Gasteiger partial charge < -0.3 is 20.9 Å². The Morgan fingerprint density at radius 3 is 1.68 bits per heavy atom. The number of benzene rings is 4. The highest BCUT2D eigenvalue weighted by Gasteiger charge is 2.29. The second-order valence-electron chi connectivity index (χ2n) is 12.0. The number of rotatable bonds is 5. The van der Waals surface area contributed by atoms with Crippen molar-refractivity contribution in [2.45, 2.75) is 58.5 Å². The highest BCUT2D eigenvalue weighted by Crippen LogP contribution is 2.33. The lowest BCUT2D eigenvalue weighted by atomic mass is 9.93. The van der Waals surface area contributed by atoms with Crippen LogP contribution in [-0.4, -0.2) is 40.6 Å². The number of anilines is 2. The zero-order valence-corrected chi connectivity index (χ0v) is 28.4. The maximum absolute atomic E-state index is 12.9. The van der Waals surface area contributed by atoms with E-state index in [0.29, 0.717) is 33.5 Å². The number of carbonyl (C=O) groups excluding carboxylic acids is 3. The van der Waals surface area contributed by atoms with Crippen molar-refractivity contribution in [3.8, 4) is 0 Å². The molecule has 244 valence electrons. The topological polar surface area (TPSA) is 95.7 Å². The average Bonchev–Trinajstić information content (AvgIpc) is 3.05. The predicted octanol–water partition coefficient (Wildman–Crippen LogP) is 7.60. The van der Waals surface area contributed by atoms with Crippen LogP contribution in [-0.2, 0) is 40.1 Å². The largest absolute Gasteiger partial charge is 0.398 e. The fraction of sp³-hybridized carbons (Fsp3) is 0.289. The molecule has 0 saturated carbocycles. The van der Waals surface area contributed by atoms with Crippen LogP contribution in [0.15, 0.2) is 84.9 Å². The molecule has 6 rings (SSSR count). The molecule has 0 fully saturated rings. The highest BCUT2D eigenvalue weighted by atomic mass is 35.5. The van der Waals surface area contributed by atoms with Crippen LogP contribution in [0.2, 0.25) is 10.0 Å². The van der Waals surface area contributed by atoms with Crippen LogP contribution >= 0.6 is 23.2 Å². The first-order valence-corrected chi connectivity index (χ1v) is 16.6. The summed E-state index contributed by atoms with van der Waals surface area (Å²) in [6.07, 6.45) is 2.16. The molecule has 0 bridgehead atoms. The summed E-state index contributed by atoms with van der Waals surface area (Å²) in [6, 6.07) is 27.3. The first-order valence-electron chi connectivity index (χ1n) is 15.9. The minimum Gasteiger partial charge on any atom is -0.398 e. The SMILES string of the molecule is CC(=O)Nc1cccc(Cl)c1CC(=O)N1CCc2ccccc2[C@@H]1C.C[C@H]1c2ccccc2CCN1C(=O)Cc1c(N)cccc1Cl. The molecular weight excluding hydrogens is 631 g/mol. The van der Waals surface area contributed by atoms with Crippen LogP contribution in [0.3, 0.4) is 0 Å². The Balaban J connectivity index is 0.000000186. The molecule has 0 saturated heterocycles. The summed E-state index contributed by atoms with van der Waals surface area (Å²) in [4.78, 5) is 40.9. The third kappa shape index (κ3) is 7.80. The molecule has 2 aliphatic rings. The Kier molecular flexibility index (Phi) is 10.9. The standard InChI is InChI=1S/C20H21ClN2O2.C18H19ClN2O/c1-13-16-7-4-3-6-15(16)10-11-23(13)20(25)12-17-18(21)8-5-9-19(17)22-14(2)24;1-12-14-6-3-2-5-13(14)9-10-21(12)18(22)11-15-16(19)7-4-8-17(15)20/h3-9,13H,10-12H2,1-2H3,(H,22,24);2-8,12H,9-11,20H2,1H3/t13-;12-/m00/s1. The third-order valence-electron chi connectivity index (χ3n) is 9.07. The summed E-state index contributed by atoms with van der Waals surface area (Å²) in [5.74, 6) is -0.0975. The molecule has 4 aromatic rings. The number of hydrogen-bond donors (Lipinski definition) is 2. The van der Waals surface area contributed by atoms with E-state index in [2.05, 4.69) is 43.4 Å². The molecule has 0 radical (unpaired) electrons. The average molecular weight is 672 g/mol. The maximum atomic E-state index is 12.9. The van der Waals surface area contributed by atoms with E-state index in [4.69, 9.17) is 28.9 Å². The van der Waals surface area contributed by atoms with Crippen LogP contribution in [0.5, 0.6) is 0 Å². The van der Waals surface area contributed by atoms with E-state index in [-0.39, 0.29) is 42.6 Å². The molecule has 0 spiro atoms. The highest BCUT2D eigenvalue weighted by molar-refractivity contribution is 6.32. The van der Waals surface area contributed by atoms with Gasteiger partial charge in [0.2, 0.25) is 17.7 Å². The maximum Gasteiger partial charge on any atom is 0.227 e. The van der Waals surface area contributed by atoms with Gasteiger partial charge in [-0.3, -0.25) is 14.4 Å². The lowest BCUT2D eigenvalue weighted by Gasteiger charge is -2.35. The van der Waals surface area contributed by atoms with Crippen molar-refractivity contribution < 1.29 is 14.4 Å². The van der Waals surface area contributed by atoms with Crippen LogP contribution in [0, 0.1) is 0 Å². The first-order chi connectivity index (χ1) is 22.5. The third-order valence-corrected chi connectivity index (χ3v) is 9.78. The van der Waals surface area contributed by atoms with Gasteiger partial charge in [-0.1, -0.05) is 83.9 Å². The monoisotopic (exact) mass is 670 g/mol. The number of nitrogen functional groups attached to an aromatic ring is 1. The number of nitrogens with one attached hydrogen (secondary N) is 1. The van der Waals surface area contributed by atoms with Gasteiger partial charge >= 0.3 is 0 Å². The lowest BCUT2D eigenvalue weighted by molar-refractivity contribution is -0.133. The quantitative estimate of drug-likeness (QED) is 0.214. The molecule has 0 aliphatic carbocycles. The van der Waals surface area contributed by atoms with Gasteiger partial charge in [0.15, 0.2) is 0 Å². The normalized spacial score (nSPS) is 16.7. The van der Waals surface area contributed by atoms with Crippen molar-refractivity contribution in [3.05, 3.63) is 128 Å². The number of halogens is 2. The van der Waals surface area contributed by atoms with Gasteiger partial charge in [0.05, 0.1) is 24.9 Å². The van der Waals surface area contributed by atoms with E-state index in [1.807, 2.05) is 34.1 Å². The van der Waals surface area contributed by atoms with Crippen LogP contribution < -0.4 is 11.1 Å². The van der Waals surface area contributed by atoms with Gasteiger partial charge in [0.25, 0.3) is 0 Å². The molecule has 3 N–H and O–H groups in total. The lowest BCUT2D eigenvalue weighted by Crippen LogP contribution is -2.39. The zero-order valence-electron chi connectivity index (χ0n) is 26.9. The number of carbonyl (C=O) groups is 3. The smallest absolute Gasteiger partial charge is 0.227 e. The van der Waals surface area contributed by atoms with Crippen LogP contribution in [0.25, 0.3) is 0 Å². The van der Waals surface area contributed by atoms with Gasteiger partial charge in [-0.05, 0) is 73.2 Å². The van der Waals surface area contributed by atoms with Gasteiger partial charge in [0.1, 0.15) is 0 Å². The van der Waals surface area contributed by atoms with Crippen molar-refractivity contribution in [3.63, 3.8) is 0 Å². The van der Waals surface area contributed by atoms with Crippen molar-refractivity contribution in [1.82, 2.24) is 9.80 Å². The number of hydrogen-bond acceptors (Lipinski definition) is 4. The van der Waals surface area contributed by atoms with Crippen molar-refractivity contribution in [2.75, 3.05) is 24.1 Å². The molecule has 0 aromatic heterocycles. The van der Waals surface area contributed by atoms with Crippen LogP contribution in [0.4, 0.5) is 11.4 Å². The Morgan fingerprint density at radius 2 is 1.17 bits per heavy atom. The Bertz CT molecular complexity index is 1770. The van der Waals surface area contributed by atoms with Gasteiger partial charge in [0, 0.05) is 52.6 Å². The molecule has 4 aromatic carbocycles. The summed E-state index contributed by atoms with van der Waals surface area (Å²) in [5, 5.41) is 3.80. The second kappa shape index (κ2) is 15.1. The van der Waals surface area contributed by atoms with E-state index < -0.39 is 0 Å². The molecule has 47 heavy (non-hydrogen) atoms.